The predicted octanol–water partition coefficient (Wildman–Crippen LogP) is 3.37. The Labute approximate surface area is 167 Å². The monoisotopic (exact) mass is 398 g/mol. The van der Waals surface area contributed by atoms with Crippen LogP contribution in [-0.4, -0.2) is 44.0 Å². The van der Waals surface area contributed by atoms with Gasteiger partial charge in [-0.25, -0.2) is 0 Å². The second-order valence-corrected chi connectivity index (χ2v) is 8.08. The molecule has 7 heteroatoms. The highest BCUT2D eigenvalue weighted by Gasteiger charge is 2.39. The van der Waals surface area contributed by atoms with E-state index in [1.54, 1.807) is 0 Å². The van der Waals surface area contributed by atoms with Crippen molar-refractivity contribution in [1.82, 2.24) is 0 Å². The second kappa shape index (κ2) is 11.8. The quantitative estimate of drug-likeness (QED) is 0.282. The first-order valence-electron chi connectivity index (χ1n) is 10.1. The zero-order valence-electron chi connectivity index (χ0n) is 17.4. The minimum absolute atomic E-state index is 0.0564. The van der Waals surface area contributed by atoms with E-state index in [0.29, 0.717) is 19.3 Å². The molecule has 1 fully saturated rings. The van der Waals surface area contributed by atoms with E-state index in [2.05, 4.69) is 0 Å². The molecule has 1 rings (SSSR count). The van der Waals surface area contributed by atoms with Crippen molar-refractivity contribution in [3.05, 3.63) is 0 Å². The van der Waals surface area contributed by atoms with Gasteiger partial charge in [0.05, 0.1) is 6.61 Å². The summed E-state index contributed by atoms with van der Waals surface area (Å²) < 4.78 is 15.7. The van der Waals surface area contributed by atoms with Gasteiger partial charge in [0.2, 0.25) is 0 Å². The average molecular weight is 398 g/mol. The van der Waals surface area contributed by atoms with E-state index in [9.17, 15) is 19.2 Å². The number of rotatable bonds is 12. The van der Waals surface area contributed by atoms with Crippen molar-refractivity contribution in [2.24, 2.45) is 10.8 Å². The third-order valence-corrected chi connectivity index (χ3v) is 5.72. The standard InChI is InChI=1S/C21H34O7/c1-17(23)26-14-12-21(15-27-18(2)24,16-28-19(3)25)10-9-20(11-13-22)7-5-4-6-8-20/h13H,4-12,14-16H2,1-3H3. The molecule has 28 heavy (non-hydrogen) atoms. The molecule has 0 saturated heterocycles. The zero-order chi connectivity index (χ0) is 21.0. The molecule has 1 aliphatic carbocycles. The first kappa shape index (κ1) is 24.1. The summed E-state index contributed by atoms with van der Waals surface area (Å²) in [7, 11) is 0. The van der Waals surface area contributed by atoms with Crippen LogP contribution in [0.15, 0.2) is 0 Å². The van der Waals surface area contributed by atoms with E-state index in [-0.39, 0.29) is 25.2 Å². The maximum atomic E-state index is 11.4. The number of esters is 3. The fourth-order valence-corrected chi connectivity index (χ4v) is 3.94. The van der Waals surface area contributed by atoms with E-state index < -0.39 is 23.3 Å². The van der Waals surface area contributed by atoms with Gasteiger partial charge in [0.1, 0.15) is 19.5 Å². The number of hydrogen-bond acceptors (Lipinski definition) is 7. The van der Waals surface area contributed by atoms with Crippen LogP contribution in [0, 0.1) is 10.8 Å². The van der Waals surface area contributed by atoms with Crippen LogP contribution in [0.25, 0.3) is 0 Å². The van der Waals surface area contributed by atoms with Gasteiger partial charge in [-0.2, -0.15) is 0 Å². The predicted molar refractivity (Wildman–Crippen MR) is 102 cm³/mol. The van der Waals surface area contributed by atoms with Crippen molar-refractivity contribution in [3.8, 4) is 0 Å². The Balaban J connectivity index is 2.97. The van der Waals surface area contributed by atoms with Gasteiger partial charge in [-0.15, -0.1) is 0 Å². The van der Waals surface area contributed by atoms with Crippen LogP contribution in [0.3, 0.4) is 0 Å². The normalized spacial score (nSPS) is 16.1. The summed E-state index contributed by atoms with van der Waals surface area (Å²) in [6, 6.07) is 0. The van der Waals surface area contributed by atoms with Crippen LogP contribution in [0.1, 0.15) is 78.6 Å². The van der Waals surface area contributed by atoms with E-state index in [1.807, 2.05) is 0 Å². The summed E-state index contributed by atoms with van der Waals surface area (Å²) in [4.78, 5) is 45.3. The minimum Gasteiger partial charge on any atom is -0.466 e. The Morgan fingerprint density at radius 3 is 1.86 bits per heavy atom. The summed E-state index contributed by atoms with van der Waals surface area (Å²) in [5, 5.41) is 0. The van der Waals surface area contributed by atoms with Crippen molar-refractivity contribution in [3.63, 3.8) is 0 Å². The molecular formula is C21H34O7. The third-order valence-electron chi connectivity index (χ3n) is 5.72. The lowest BCUT2D eigenvalue weighted by atomic mass is 9.66. The molecule has 0 N–H and O–H groups in total. The van der Waals surface area contributed by atoms with E-state index in [4.69, 9.17) is 14.2 Å². The highest BCUT2D eigenvalue weighted by molar-refractivity contribution is 5.66. The van der Waals surface area contributed by atoms with Gasteiger partial charge in [0.15, 0.2) is 0 Å². The van der Waals surface area contributed by atoms with Crippen LogP contribution in [0.2, 0.25) is 0 Å². The SMILES string of the molecule is CC(=O)OCCC(CCC1(CC=O)CCCCC1)(COC(C)=O)COC(C)=O. The number of carbonyl (C=O) groups is 4. The maximum Gasteiger partial charge on any atom is 0.302 e. The highest BCUT2D eigenvalue weighted by Crippen LogP contribution is 2.45. The van der Waals surface area contributed by atoms with Crippen molar-refractivity contribution in [2.45, 2.75) is 78.6 Å². The number of carbonyl (C=O) groups excluding carboxylic acids is 4. The smallest absolute Gasteiger partial charge is 0.302 e. The third kappa shape index (κ3) is 8.85. The van der Waals surface area contributed by atoms with E-state index in [1.165, 1.54) is 27.2 Å². The lowest BCUT2D eigenvalue weighted by molar-refractivity contribution is -0.155. The first-order chi connectivity index (χ1) is 13.2. The molecular weight excluding hydrogens is 364 g/mol. The van der Waals surface area contributed by atoms with Crippen LogP contribution < -0.4 is 0 Å². The Hall–Kier alpha value is -1.92. The Morgan fingerprint density at radius 2 is 1.39 bits per heavy atom. The van der Waals surface area contributed by atoms with Gasteiger partial charge in [-0.1, -0.05) is 19.3 Å². The Morgan fingerprint density at radius 1 is 0.857 bits per heavy atom. The highest BCUT2D eigenvalue weighted by atomic mass is 16.5. The molecule has 0 aromatic carbocycles. The summed E-state index contributed by atoms with van der Waals surface area (Å²) >= 11 is 0. The Bertz CT molecular complexity index is 517. The molecule has 160 valence electrons. The van der Waals surface area contributed by atoms with Gasteiger partial charge in [-0.05, 0) is 37.5 Å². The van der Waals surface area contributed by atoms with Crippen LogP contribution >= 0.6 is 0 Å². The number of aldehydes is 1. The van der Waals surface area contributed by atoms with E-state index >= 15 is 0 Å². The molecule has 1 aliphatic rings. The molecule has 0 aromatic heterocycles. The van der Waals surface area contributed by atoms with Crippen LogP contribution in [0.5, 0.6) is 0 Å². The van der Waals surface area contributed by atoms with Crippen molar-refractivity contribution >= 4 is 24.2 Å². The lowest BCUT2D eigenvalue weighted by Gasteiger charge is -2.40. The van der Waals surface area contributed by atoms with Gasteiger partial charge >= 0.3 is 17.9 Å². The van der Waals surface area contributed by atoms with Crippen molar-refractivity contribution < 1.29 is 33.4 Å². The number of hydrogen-bond donors (Lipinski definition) is 0. The molecule has 0 radical (unpaired) electrons. The van der Waals surface area contributed by atoms with Crippen molar-refractivity contribution in [2.75, 3.05) is 19.8 Å². The fourth-order valence-electron chi connectivity index (χ4n) is 3.94. The van der Waals surface area contributed by atoms with Gasteiger partial charge < -0.3 is 19.0 Å². The molecule has 0 heterocycles. The first-order valence-corrected chi connectivity index (χ1v) is 10.1. The van der Waals surface area contributed by atoms with Gasteiger partial charge in [0.25, 0.3) is 0 Å². The van der Waals surface area contributed by atoms with Gasteiger partial charge in [-0.3, -0.25) is 14.4 Å². The van der Waals surface area contributed by atoms with Gasteiger partial charge in [0, 0.05) is 32.6 Å². The molecule has 0 atom stereocenters. The maximum absolute atomic E-state index is 11.4. The van der Waals surface area contributed by atoms with Crippen molar-refractivity contribution in [1.29, 1.82) is 0 Å². The summed E-state index contributed by atoms with van der Waals surface area (Å²) in [6.07, 6.45) is 8.66. The molecule has 0 aliphatic heterocycles. The summed E-state index contributed by atoms with van der Waals surface area (Å²) in [5.41, 5.74) is -0.709. The molecule has 0 amide bonds. The summed E-state index contributed by atoms with van der Waals surface area (Å²) in [6.45, 7) is 4.30. The topological polar surface area (TPSA) is 96.0 Å². The van der Waals surface area contributed by atoms with Crippen LogP contribution in [0.4, 0.5) is 0 Å². The fraction of sp³-hybridized carbons (Fsp3) is 0.810. The molecule has 1 saturated carbocycles. The average Bonchev–Trinajstić information content (AvgIpc) is 2.63. The largest absolute Gasteiger partial charge is 0.466 e. The molecule has 7 nitrogen and oxygen atoms in total. The Kier molecular flexibility index (Phi) is 10.2. The van der Waals surface area contributed by atoms with E-state index in [0.717, 1.165) is 38.4 Å². The molecule has 0 unspecified atom stereocenters. The molecule has 0 aromatic rings. The lowest BCUT2D eigenvalue weighted by Crippen LogP contribution is -2.38. The number of ether oxygens (including phenoxy) is 3. The minimum atomic E-state index is -0.653. The summed E-state index contributed by atoms with van der Waals surface area (Å²) in [5.74, 6) is -1.22. The zero-order valence-corrected chi connectivity index (χ0v) is 17.4. The van der Waals surface area contributed by atoms with Crippen LogP contribution in [-0.2, 0) is 33.4 Å². The molecule has 0 bridgehead atoms. The molecule has 0 spiro atoms. The second-order valence-electron chi connectivity index (χ2n) is 8.08.